The van der Waals surface area contributed by atoms with E-state index in [0.717, 1.165) is 16.7 Å². The molecule has 0 unspecified atom stereocenters. The first kappa shape index (κ1) is 26.5. The average Bonchev–Trinajstić information content (AvgIpc) is 2.95. The highest BCUT2D eigenvalue weighted by atomic mass is 16.5. The summed E-state index contributed by atoms with van der Waals surface area (Å²) in [5, 5.41) is 20.9. The van der Waals surface area contributed by atoms with Crippen molar-refractivity contribution in [2.24, 2.45) is 0 Å². The molecule has 2 N–H and O–H groups in total. The van der Waals surface area contributed by atoms with Crippen molar-refractivity contribution in [3.63, 3.8) is 0 Å². The van der Waals surface area contributed by atoms with E-state index >= 15 is 0 Å². The lowest BCUT2D eigenvalue weighted by Crippen LogP contribution is -2.69. The van der Waals surface area contributed by atoms with Gasteiger partial charge >= 0.3 is 0 Å². The Morgan fingerprint density at radius 1 is 0.711 bits per heavy atom. The number of carbonyl (C=O) groups excluding carboxylic acids is 1. The summed E-state index contributed by atoms with van der Waals surface area (Å²) in [4.78, 5) is 15.0. The fourth-order valence-electron chi connectivity index (χ4n) is 5.44. The number of amides is 1. The number of aliphatic hydroxyl groups excluding tert-OH is 2. The first-order valence-electron chi connectivity index (χ1n) is 13.2. The van der Waals surface area contributed by atoms with Crippen LogP contribution in [0.15, 0.2) is 91.0 Å². The van der Waals surface area contributed by atoms with Crippen molar-refractivity contribution >= 4 is 5.91 Å². The molecule has 3 aromatic rings. The van der Waals surface area contributed by atoms with Gasteiger partial charge in [-0.1, -0.05) is 91.0 Å². The van der Waals surface area contributed by atoms with Gasteiger partial charge in [-0.3, -0.25) is 4.79 Å². The Balaban J connectivity index is 1.40. The molecular formula is C31H35NO6. The minimum Gasteiger partial charge on any atom is -0.390 e. The number of nitrogens with zero attached hydrogens (tertiary/aromatic N) is 1. The number of carbonyl (C=O) groups is 1. The van der Waals surface area contributed by atoms with Crippen LogP contribution in [0.2, 0.25) is 0 Å². The van der Waals surface area contributed by atoms with Crippen LogP contribution < -0.4 is 0 Å². The predicted molar refractivity (Wildman–Crippen MR) is 142 cm³/mol. The van der Waals surface area contributed by atoms with Crippen molar-refractivity contribution in [2.75, 3.05) is 6.61 Å². The molecule has 1 amide bonds. The van der Waals surface area contributed by atoms with E-state index < -0.39 is 30.3 Å². The van der Waals surface area contributed by atoms with Gasteiger partial charge in [-0.05, 0) is 29.5 Å². The molecule has 0 aliphatic carbocycles. The highest BCUT2D eigenvalue weighted by Crippen LogP contribution is 2.35. The van der Waals surface area contributed by atoms with Crippen molar-refractivity contribution in [3.8, 4) is 0 Å². The van der Waals surface area contributed by atoms with Crippen LogP contribution in [-0.4, -0.2) is 64.1 Å². The summed E-state index contributed by atoms with van der Waals surface area (Å²) in [7, 11) is 0. The molecular weight excluding hydrogens is 482 g/mol. The summed E-state index contributed by atoms with van der Waals surface area (Å²) in [5.41, 5.74) is 3.09. The van der Waals surface area contributed by atoms with E-state index in [-0.39, 0.29) is 25.2 Å². The molecule has 7 nitrogen and oxygen atoms in total. The largest absolute Gasteiger partial charge is 0.390 e. The molecule has 2 heterocycles. The molecule has 200 valence electrons. The molecule has 0 saturated carbocycles. The van der Waals surface area contributed by atoms with Crippen LogP contribution in [0.1, 0.15) is 29.5 Å². The molecule has 2 aliphatic heterocycles. The van der Waals surface area contributed by atoms with Crippen LogP contribution in [0, 0.1) is 0 Å². The Kier molecular flexibility index (Phi) is 8.83. The van der Waals surface area contributed by atoms with Crippen LogP contribution in [0.4, 0.5) is 0 Å². The third kappa shape index (κ3) is 6.31. The van der Waals surface area contributed by atoms with E-state index in [1.54, 1.807) is 4.90 Å². The molecule has 2 saturated heterocycles. The van der Waals surface area contributed by atoms with Gasteiger partial charge in [0.1, 0.15) is 6.10 Å². The lowest BCUT2D eigenvalue weighted by molar-refractivity contribution is -0.202. The lowest BCUT2D eigenvalue weighted by Gasteiger charge is -2.52. The van der Waals surface area contributed by atoms with E-state index in [9.17, 15) is 15.0 Å². The zero-order valence-corrected chi connectivity index (χ0v) is 21.3. The van der Waals surface area contributed by atoms with Gasteiger partial charge in [0, 0.05) is 6.04 Å². The SMILES string of the molecule is O=C1[C@H](O)[C@H](O)C[C@H]2C[C@@H](OCc3ccccc3)[C@H](OCc3ccccc3)[C@H](COCc3ccccc3)N12. The van der Waals surface area contributed by atoms with Gasteiger partial charge in [-0.25, -0.2) is 0 Å². The topological polar surface area (TPSA) is 88.5 Å². The average molecular weight is 518 g/mol. The Bertz CT molecular complexity index is 1140. The fourth-order valence-corrected chi connectivity index (χ4v) is 5.44. The molecule has 6 atom stereocenters. The fraction of sp³-hybridized carbons (Fsp3) is 0.387. The van der Waals surface area contributed by atoms with E-state index in [4.69, 9.17) is 14.2 Å². The van der Waals surface area contributed by atoms with Gasteiger partial charge in [0.15, 0.2) is 6.10 Å². The first-order valence-corrected chi connectivity index (χ1v) is 13.2. The smallest absolute Gasteiger partial charge is 0.254 e. The molecule has 0 spiro atoms. The highest BCUT2D eigenvalue weighted by Gasteiger charge is 2.52. The second-order valence-electron chi connectivity index (χ2n) is 10.0. The Hall–Kier alpha value is -3.07. The van der Waals surface area contributed by atoms with Gasteiger partial charge in [-0.2, -0.15) is 0 Å². The van der Waals surface area contributed by atoms with Crippen molar-refractivity contribution in [2.45, 2.75) is 69.2 Å². The first-order chi connectivity index (χ1) is 18.6. The zero-order valence-electron chi connectivity index (χ0n) is 21.3. The van der Waals surface area contributed by atoms with Crippen LogP contribution in [0.5, 0.6) is 0 Å². The maximum absolute atomic E-state index is 13.3. The summed E-state index contributed by atoms with van der Waals surface area (Å²) in [6.45, 7) is 1.35. The molecule has 2 aliphatic rings. The number of rotatable bonds is 10. The molecule has 3 aromatic carbocycles. The quantitative estimate of drug-likeness (QED) is 0.428. The van der Waals surface area contributed by atoms with Crippen LogP contribution >= 0.6 is 0 Å². The normalized spacial score (nSPS) is 27.2. The Morgan fingerprint density at radius 3 is 1.82 bits per heavy atom. The van der Waals surface area contributed by atoms with Crippen molar-refractivity contribution in [3.05, 3.63) is 108 Å². The van der Waals surface area contributed by atoms with Gasteiger partial charge in [0.05, 0.1) is 44.7 Å². The van der Waals surface area contributed by atoms with E-state index in [0.29, 0.717) is 26.2 Å². The molecule has 5 rings (SSSR count). The molecule has 0 radical (unpaired) electrons. The summed E-state index contributed by atoms with van der Waals surface area (Å²) in [5.74, 6) is -0.489. The Morgan fingerprint density at radius 2 is 1.24 bits per heavy atom. The van der Waals surface area contributed by atoms with E-state index in [1.165, 1.54) is 0 Å². The van der Waals surface area contributed by atoms with E-state index in [1.807, 2.05) is 91.0 Å². The Labute approximate surface area is 223 Å². The minimum absolute atomic E-state index is 0.213. The van der Waals surface area contributed by atoms with Crippen LogP contribution in [0.25, 0.3) is 0 Å². The molecule has 38 heavy (non-hydrogen) atoms. The number of aliphatic hydroxyl groups is 2. The van der Waals surface area contributed by atoms with Gasteiger partial charge in [-0.15, -0.1) is 0 Å². The zero-order chi connectivity index (χ0) is 26.3. The third-order valence-corrected chi connectivity index (χ3v) is 7.38. The molecule has 0 bridgehead atoms. The summed E-state index contributed by atoms with van der Waals surface area (Å²) < 4.78 is 19.1. The van der Waals surface area contributed by atoms with Crippen molar-refractivity contribution < 1.29 is 29.2 Å². The number of hydrogen-bond acceptors (Lipinski definition) is 6. The number of piperidine rings is 2. The van der Waals surface area contributed by atoms with Gasteiger partial charge in [0.2, 0.25) is 0 Å². The van der Waals surface area contributed by atoms with Crippen LogP contribution in [0.3, 0.4) is 0 Å². The van der Waals surface area contributed by atoms with Crippen molar-refractivity contribution in [1.29, 1.82) is 0 Å². The molecule has 7 heteroatoms. The maximum atomic E-state index is 13.3. The number of benzene rings is 3. The highest BCUT2D eigenvalue weighted by molar-refractivity contribution is 5.83. The summed E-state index contributed by atoms with van der Waals surface area (Å²) in [6, 6.07) is 28.9. The van der Waals surface area contributed by atoms with Crippen LogP contribution in [-0.2, 0) is 38.8 Å². The number of fused-ring (bicyclic) bond motifs is 1. The van der Waals surface area contributed by atoms with Gasteiger partial charge in [0.25, 0.3) is 5.91 Å². The summed E-state index contributed by atoms with van der Waals surface area (Å²) in [6.07, 6.45) is -2.61. The minimum atomic E-state index is -1.46. The molecule has 0 aromatic heterocycles. The number of hydrogen-bond donors (Lipinski definition) is 2. The monoisotopic (exact) mass is 517 g/mol. The van der Waals surface area contributed by atoms with Crippen molar-refractivity contribution in [1.82, 2.24) is 4.90 Å². The van der Waals surface area contributed by atoms with Gasteiger partial charge < -0.3 is 29.3 Å². The second kappa shape index (κ2) is 12.7. The molecule has 2 fully saturated rings. The van der Waals surface area contributed by atoms with E-state index in [2.05, 4.69) is 0 Å². The maximum Gasteiger partial charge on any atom is 0.254 e. The summed E-state index contributed by atoms with van der Waals surface area (Å²) >= 11 is 0. The lowest BCUT2D eigenvalue weighted by atomic mass is 9.83. The number of ether oxygens (including phenoxy) is 3. The second-order valence-corrected chi connectivity index (χ2v) is 10.0. The standard InChI is InChI=1S/C31H35NO6/c33-27-16-25-17-28(37-19-23-12-6-2-7-13-23)30(38-20-24-14-8-3-9-15-24)26(32(25)31(35)29(27)34)21-36-18-22-10-4-1-5-11-22/h1-15,25-30,33-34H,16-21H2/t25-,26-,27+,28+,29+,30+/m0/s1. The third-order valence-electron chi connectivity index (χ3n) is 7.38. The predicted octanol–water partition coefficient (Wildman–Crippen LogP) is 3.47.